The van der Waals surface area contributed by atoms with Gasteiger partial charge in [-0.1, -0.05) is 87.0 Å². The first kappa shape index (κ1) is 19.7. The molecule has 0 N–H and O–H groups in total. The van der Waals surface area contributed by atoms with Gasteiger partial charge in [0.05, 0.1) is 17.6 Å². The van der Waals surface area contributed by atoms with Gasteiger partial charge in [0.1, 0.15) is 5.82 Å². The van der Waals surface area contributed by atoms with Gasteiger partial charge in [-0.05, 0) is 47.2 Å². The summed E-state index contributed by atoms with van der Waals surface area (Å²) in [6.07, 6.45) is 1.11. The largest absolute Gasteiger partial charge is 0.323 e. The summed E-state index contributed by atoms with van der Waals surface area (Å²) in [6, 6.07) is 25.4. The molecule has 1 atom stereocenters. The Morgan fingerprint density at radius 1 is 0.862 bits per heavy atom. The summed E-state index contributed by atoms with van der Waals surface area (Å²) >= 11 is 6.47. The summed E-state index contributed by atoms with van der Waals surface area (Å²) in [4.78, 5) is 5.01. The minimum atomic E-state index is 0.193. The van der Waals surface area contributed by atoms with Crippen molar-refractivity contribution in [1.29, 1.82) is 0 Å². The zero-order valence-electron chi connectivity index (χ0n) is 17.3. The molecule has 0 bridgehead atoms. The van der Waals surface area contributed by atoms with Crippen molar-refractivity contribution in [2.24, 2.45) is 5.92 Å². The molecule has 0 saturated carbocycles. The molecule has 0 aliphatic carbocycles. The zero-order chi connectivity index (χ0) is 20.4. The van der Waals surface area contributed by atoms with Crippen LogP contribution in [0.15, 0.2) is 72.8 Å². The van der Waals surface area contributed by atoms with Crippen molar-refractivity contribution in [3.05, 3.63) is 100 Å². The van der Waals surface area contributed by atoms with E-state index in [9.17, 15) is 0 Å². The number of hydrogen-bond donors (Lipinski definition) is 0. The number of rotatable bonds is 6. The van der Waals surface area contributed by atoms with Crippen LogP contribution in [0.4, 0.5) is 0 Å². The van der Waals surface area contributed by atoms with E-state index in [1.165, 1.54) is 11.1 Å². The molecule has 0 unspecified atom stereocenters. The Labute approximate surface area is 178 Å². The minimum absolute atomic E-state index is 0.193. The highest BCUT2D eigenvalue weighted by Crippen LogP contribution is 2.29. The summed E-state index contributed by atoms with van der Waals surface area (Å²) < 4.78 is 2.31. The van der Waals surface area contributed by atoms with Crippen LogP contribution in [0.25, 0.3) is 11.0 Å². The Bertz CT molecular complexity index is 1110. The monoisotopic (exact) mass is 402 g/mol. The fourth-order valence-electron chi connectivity index (χ4n) is 3.95. The summed E-state index contributed by atoms with van der Waals surface area (Å²) in [5, 5.41) is 0.793. The molecule has 148 valence electrons. The average molecular weight is 403 g/mol. The van der Waals surface area contributed by atoms with Crippen LogP contribution in [0.5, 0.6) is 0 Å². The molecule has 0 saturated heterocycles. The maximum Gasteiger partial charge on any atom is 0.117 e. The van der Waals surface area contributed by atoms with E-state index >= 15 is 0 Å². The molecule has 1 heterocycles. The predicted molar refractivity (Wildman–Crippen MR) is 123 cm³/mol. The van der Waals surface area contributed by atoms with Crippen LogP contribution in [0.3, 0.4) is 0 Å². The second-order valence-corrected chi connectivity index (χ2v) is 8.60. The van der Waals surface area contributed by atoms with Crippen molar-refractivity contribution < 1.29 is 0 Å². The Kier molecular flexibility index (Phi) is 5.73. The second kappa shape index (κ2) is 8.42. The highest BCUT2D eigenvalue weighted by Gasteiger charge is 2.19. The molecule has 4 aromatic rings. The van der Waals surface area contributed by atoms with Crippen LogP contribution in [0, 0.1) is 5.92 Å². The van der Waals surface area contributed by atoms with Crippen molar-refractivity contribution in [2.75, 3.05) is 0 Å². The highest BCUT2D eigenvalue weighted by molar-refractivity contribution is 6.31. The van der Waals surface area contributed by atoms with E-state index in [2.05, 4.69) is 73.9 Å². The first-order valence-corrected chi connectivity index (χ1v) is 10.7. The summed E-state index contributed by atoms with van der Waals surface area (Å²) in [7, 11) is 0. The van der Waals surface area contributed by atoms with E-state index in [4.69, 9.17) is 16.6 Å². The first-order valence-electron chi connectivity index (χ1n) is 10.3. The topological polar surface area (TPSA) is 17.8 Å². The number of aromatic nitrogens is 2. The predicted octanol–water partition coefficient (Wildman–Crippen LogP) is 7.09. The van der Waals surface area contributed by atoms with Gasteiger partial charge >= 0.3 is 0 Å². The van der Waals surface area contributed by atoms with Crippen LogP contribution in [0.1, 0.15) is 49.2 Å². The summed E-state index contributed by atoms with van der Waals surface area (Å²) in [6.45, 7) is 7.47. The quantitative estimate of drug-likeness (QED) is 0.336. The number of imidazole rings is 1. The molecule has 0 spiro atoms. The molecule has 0 aliphatic rings. The van der Waals surface area contributed by atoms with Crippen LogP contribution in [-0.4, -0.2) is 9.55 Å². The van der Waals surface area contributed by atoms with Crippen LogP contribution >= 0.6 is 11.6 Å². The Morgan fingerprint density at radius 2 is 1.55 bits per heavy atom. The van der Waals surface area contributed by atoms with Crippen molar-refractivity contribution in [1.82, 2.24) is 9.55 Å². The molecular formula is C26H27ClN2. The molecule has 0 radical (unpaired) electrons. The van der Waals surface area contributed by atoms with Crippen LogP contribution in [0.2, 0.25) is 5.02 Å². The van der Waals surface area contributed by atoms with Gasteiger partial charge in [0.25, 0.3) is 0 Å². The van der Waals surface area contributed by atoms with Gasteiger partial charge in [0, 0.05) is 10.9 Å². The standard InChI is InChI=1S/C26H27ClN2/c1-18(2)16-20-12-14-21(15-13-20)19(3)26-28-24-10-6-7-11-25(24)29(26)17-22-8-4-5-9-23(22)27/h4-15,18-19H,16-17H2,1-3H3/t19-/m0/s1. The van der Waals surface area contributed by atoms with E-state index in [-0.39, 0.29) is 5.92 Å². The van der Waals surface area contributed by atoms with Crippen LogP contribution in [-0.2, 0) is 13.0 Å². The molecule has 0 fully saturated rings. The summed E-state index contributed by atoms with van der Waals surface area (Å²) in [5.74, 6) is 1.93. The van der Waals surface area contributed by atoms with E-state index in [1.54, 1.807) is 0 Å². The van der Waals surface area contributed by atoms with E-state index < -0.39 is 0 Å². The maximum absolute atomic E-state index is 6.47. The number of hydrogen-bond acceptors (Lipinski definition) is 1. The lowest BCUT2D eigenvalue weighted by molar-refractivity contribution is 0.646. The first-order chi connectivity index (χ1) is 14.0. The number of halogens is 1. The lowest BCUT2D eigenvalue weighted by Gasteiger charge is -2.17. The second-order valence-electron chi connectivity index (χ2n) is 8.20. The lowest BCUT2D eigenvalue weighted by atomic mass is 9.96. The average Bonchev–Trinajstić information content (AvgIpc) is 3.08. The van der Waals surface area contributed by atoms with E-state index in [0.29, 0.717) is 12.5 Å². The van der Waals surface area contributed by atoms with Gasteiger partial charge in [-0.25, -0.2) is 4.98 Å². The molecule has 2 nitrogen and oxygen atoms in total. The molecule has 0 amide bonds. The molecule has 29 heavy (non-hydrogen) atoms. The van der Waals surface area contributed by atoms with Gasteiger partial charge in [-0.3, -0.25) is 0 Å². The number of benzene rings is 3. The number of nitrogens with zero attached hydrogens (tertiary/aromatic N) is 2. The third kappa shape index (κ3) is 4.23. The SMILES string of the molecule is CC(C)Cc1ccc([C@H](C)c2nc3ccccc3n2Cc2ccccc2Cl)cc1. The minimum Gasteiger partial charge on any atom is -0.323 e. The smallest absolute Gasteiger partial charge is 0.117 e. The third-order valence-corrected chi connectivity index (χ3v) is 5.85. The molecule has 4 rings (SSSR count). The number of para-hydroxylation sites is 2. The molecule has 3 heteroatoms. The highest BCUT2D eigenvalue weighted by atomic mass is 35.5. The summed E-state index contributed by atoms with van der Waals surface area (Å²) in [5.41, 5.74) is 5.95. The fourth-order valence-corrected chi connectivity index (χ4v) is 4.15. The van der Waals surface area contributed by atoms with Crippen LogP contribution < -0.4 is 0 Å². The van der Waals surface area contributed by atoms with Crippen molar-refractivity contribution >= 4 is 22.6 Å². The zero-order valence-corrected chi connectivity index (χ0v) is 18.0. The van der Waals surface area contributed by atoms with Gasteiger partial charge in [-0.2, -0.15) is 0 Å². The lowest BCUT2D eigenvalue weighted by Crippen LogP contribution is -2.10. The Balaban J connectivity index is 1.74. The molecule has 3 aromatic carbocycles. The fraction of sp³-hybridized carbons (Fsp3) is 0.269. The van der Waals surface area contributed by atoms with Crippen molar-refractivity contribution in [2.45, 2.75) is 39.7 Å². The molecule has 1 aromatic heterocycles. The Morgan fingerprint density at radius 3 is 2.28 bits per heavy atom. The van der Waals surface area contributed by atoms with Crippen molar-refractivity contribution in [3.8, 4) is 0 Å². The van der Waals surface area contributed by atoms with Crippen molar-refractivity contribution in [3.63, 3.8) is 0 Å². The maximum atomic E-state index is 6.47. The normalized spacial score (nSPS) is 12.6. The molecular weight excluding hydrogens is 376 g/mol. The van der Waals surface area contributed by atoms with Gasteiger partial charge in [-0.15, -0.1) is 0 Å². The Hall–Kier alpha value is -2.58. The van der Waals surface area contributed by atoms with Gasteiger partial charge in [0.15, 0.2) is 0 Å². The van der Waals surface area contributed by atoms with Gasteiger partial charge in [0.2, 0.25) is 0 Å². The third-order valence-electron chi connectivity index (χ3n) is 5.48. The number of fused-ring (bicyclic) bond motifs is 1. The van der Waals surface area contributed by atoms with Gasteiger partial charge < -0.3 is 4.57 Å². The van der Waals surface area contributed by atoms with E-state index in [0.717, 1.165) is 33.9 Å². The van der Waals surface area contributed by atoms with E-state index in [1.807, 2.05) is 24.3 Å². The molecule has 0 aliphatic heterocycles.